The number of nitrogens with zero attached hydrogens (tertiary/aromatic N) is 1. The largest absolute Gasteiger partial charge is 0.368 e. The fourth-order valence-corrected chi connectivity index (χ4v) is 5.88. The van der Waals surface area contributed by atoms with E-state index in [1.165, 1.54) is 23.3 Å². The van der Waals surface area contributed by atoms with Gasteiger partial charge in [-0.1, -0.05) is 56.8 Å². The number of carbonyl (C=O) groups is 1. The predicted molar refractivity (Wildman–Crippen MR) is 125 cm³/mol. The molecule has 6 nitrogen and oxygen atoms in total. The highest BCUT2D eigenvalue weighted by atomic mass is 35.5. The van der Waals surface area contributed by atoms with E-state index in [0.717, 1.165) is 36.1 Å². The molecule has 0 aliphatic rings. The molecule has 172 valence electrons. The molecule has 1 aromatic heterocycles. The van der Waals surface area contributed by atoms with Crippen LogP contribution in [0.15, 0.2) is 40.6 Å². The quantitative estimate of drug-likeness (QED) is 0.385. The van der Waals surface area contributed by atoms with Crippen LogP contribution in [0.25, 0.3) is 0 Å². The predicted octanol–water partition coefficient (Wildman–Crippen LogP) is 5.38. The van der Waals surface area contributed by atoms with Crippen LogP contribution in [0.3, 0.4) is 0 Å². The van der Waals surface area contributed by atoms with Gasteiger partial charge in [0.1, 0.15) is 4.21 Å². The van der Waals surface area contributed by atoms with Crippen molar-refractivity contribution in [3.8, 4) is 0 Å². The molecule has 31 heavy (non-hydrogen) atoms. The van der Waals surface area contributed by atoms with Crippen LogP contribution in [-0.2, 0) is 32.7 Å². The second-order valence-corrected chi connectivity index (χ2v) is 11.1. The molecule has 0 aliphatic carbocycles. The van der Waals surface area contributed by atoms with Crippen molar-refractivity contribution in [3.05, 3.63) is 51.9 Å². The number of thiophene rings is 1. The maximum Gasteiger partial charge on any atom is 0.322 e. The lowest BCUT2D eigenvalue weighted by atomic mass is 10.00. The first-order valence-electron chi connectivity index (χ1n) is 10.5. The Labute approximate surface area is 194 Å². The Morgan fingerprint density at radius 3 is 2.65 bits per heavy atom. The van der Waals surface area contributed by atoms with E-state index >= 15 is 0 Å². The summed E-state index contributed by atoms with van der Waals surface area (Å²) in [4.78, 5) is 17.6. The minimum Gasteiger partial charge on any atom is -0.368 e. The van der Waals surface area contributed by atoms with Crippen LogP contribution < -0.4 is 4.72 Å². The lowest BCUT2D eigenvalue weighted by Crippen LogP contribution is -2.28. The van der Waals surface area contributed by atoms with Crippen molar-refractivity contribution in [3.63, 3.8) is 0 Å². The Morgan fingerprint density at radius 2 is 2.00 bits per heavy atom. The second kappa shape index (κ2) is 12.6. The van der Waals surface area contributed by atoms with E-state index in [0.29, 0.717) is 24.0 Å². The molecule has 1 heterocycles. The van der Waals surface area contributed by atoms with Gasteiger partial charge in [-0.3, -0.25) is 4.79 Å². The number of benzene rings is 1. The van der Waals surface area contributed by atoms with Crippen LogP contribution in [0.1, 0.15) is 56.9 Å². The summed E-state index contributed by atoms with van der Waals surface area (Å²) >= 11 is 7.22. The Hall–Kier alpha value is -1.45. The van der Waals surface area contributed by atoms with Gasteiger partial charge in [-0.15, -0.1) is 16.4 Å². The molecule has 1 atom stereocenters. The number of sulfonamides is 1. The first-order chi connectivity index (χ1) is 14.7. The molecular formula is C22H31ClN2O4S2. The second-order valence-electron chi connectivity index (χ2n) is 7.50. The molecule has 0 fully saturated rings. The van der Waals surface area contributed by atoms with Crippen molar-refractivity contribution in [2.75, 3.05) is 6.54 Å². The van der Waals surface area contributed by atoms with Crippen molar-refractivity contribution >= 4 is 38.9 Å². The van der Waals surface area contributed by atoms with Gasteiger partial charge >= 0.3 is 5.97 Å². The smallest absolute Gasteiger partial charge is 0.322 e. The molecule has 1 unspecified atom stereocenters. The van der Waals surface area contributed by atoms with Gasteiger partial charge < -0.3 is 4.84 Å². The molecule has 0 bridgehead atoms. The highest BCUT2D eigenvalue weighted by Crippen LogP contribution is 2.24. The topological polar surface area (TPSA) is 75.7 Å². The maximum atomic E-state index is 12.7. The summed E-state index contributed by atoms with van der Waals surface area (Å²) in [5.41, 5.74) is 0.887. The first-order valence-corrected chi connectivity index (χ1v) is 13.2. The number of carbonyl (C=O) groups excluding carboxylic acids is 1. The number of nitrogens with one attached hydrogen (secondary N) is 1. The summed E-state index contributed by atoms with van der Waals surface area (Å²) in [7, 11) is -3.57. The number of unbranched alkanes of at least 4 members (excludes halogenated alkanes) is 1. The van der Waals surface area contributed by atoms with Crippen LogP contribution in [0, 0.1) is 5.92 Å². The summed E-state index contributed by atoms with van der Waals surface area (Å²) in [5.74, 6) is -0.0999. The van der Waals surface area contributed by atoms with Crippen LogP contribution in [0.5, 0.6) is 0 Å². The normalized spacial score (nSPS) is 12.8. The molecule has 0 radical (unpaired) electrons. The zero-order valence-corrected chi connectivity index (χ0v) is 20.7. The summed E-state index contributed by atoms with van der Waals surface area (Å²) < 4.78 is 28.4. The first kappa shape index (κ1) is 25.8. The fourth-order valence-electron chi connectivity index (χ4n) is 3.14. The monoisotopic (exact) mass is 486 g/mol. The van der Waals surface area contributed by atoms with Crippen molar-refractivity contribution in [1.82, 2.24) is 9.79 Å². The average Bonchev–Trinajstić information content (AvgIpc) is 3.17. The zero-order chi connectivity index (χ0) is 22.9. The van der Waals surface area contributed by atoms with Crippen LogP contribution in [-0.4, -0.2) is 26.0 Å². The van der Waals surface area contributed by atoms with Gasteiger partial charge in [0.05, 0.1) is 13.1 Å². The third-order valence-electron chi connectivity index (χ3n) is 4.84. The average molecular weight is 487 g/mol. The summed E-state index contributed by atoms with van der Waals surface area (Å²) in [6.45, 7) is 6.62. The van der Waals surface area contributed by atoms with Crippen molar-refractivity contribution in [2.45, 2.75) is 63.8 Å². The van der Waals surface area contributed by atoms with E-state index in [-0.39, 0.29) is 10.8 Å². The zero-order valence-electron chi connectivity index (χ0n) is 18.3. The van der Waals surface area contributed by atoms with E-state index in [2.05, 4.69) is 18.6 Å². The van der Waals surface area contributed by atoms with Gasteiger partial charge in [-0.05, 0) is 42.2 Å². The molecule has 9 heteroatoms. The lowest BCUT2D eigenvalue weighted by Gasteiger charge is -2.20. The molecule has 0 aliphatic heterocycles. The van der Waals surface area contributed by atoms with Gasteiger partial charge in [0, 0.05) is 23.4 Å². The van der Waals surface area contributed by atoms with Gasteiger partial charge in [0.25, 0.3) is 0 Å². The minimum absolute atomic E-state index is 0.262. The van der Waals surface area contributed by atoms with Crippen molar-refractivity contribution in [1.29, 1.82) is 0 Å². The third kappa shape index (κ3) is 8.90. The molecule has 0 saturated heterocycles. The summed E-state index contributed by atoms with van der Waals surface area (Å²) in [6, 6.07) is 10.6. The minimum atomic E-state index is -3.57. The van der Waals surface area contributed by atoms with Gasteiger partial charge in [-0.25, -0.2) is 13.1 Å². The maximum absolute atomic E-state index is 12.7. The molecule has 2 aromatic rings. The molecule has 1 N–H and O–H groups in total. The summed E-state index contributed by atoms with van der Waals surface area (Å²) in [5, 5.41) is 2.10. The lowest BCUT2D eigenvalue weighted by molar-refractivity contribution is -0.193. The molecule has 0 amide bonds. The standard InChI is InChI=1S/C22H31ClN2O4S2/c1-4-6-8-18(5-2)14-24-31(27,28)22-12-11-21(30-22)16-25(29-17(3)26)15-19-9-7-10-20(23)13-19/h7,9-13,18,24H,4-6,8,14-16H2,1-3H3. The fraction of sp³-hybridized carbons (Fsp3) is 0.500. The van der Waals surface area contributed by atoms with E-state index in [9.17, 15) is 13.2 Å². The molecule has 0 saturated carbocycles. The highest BCUT2D eigenvalue weighted by molar-refractivity contribution is 7.91. The third-order valence-corrected chi connectivity index (χ3v) is 8.07. The Balaban J connectivity index is 2.04. The number of halogens is 1. The van der Waals surface area contributed by atoms with Crippen LogP contribution in [0.4, 0.5) is 0 Å². The van der Waals surface area contributed by atoms with Crippen molar-refractivity contribution in [2.24, 2.45) is 5.92 Å². The molecule has 0 spiro atoms. The van der Waals surface area contributed by atoms with Gasteiger partial charge in [0.15, 0.2) is 0 Å². The number of hydroxylamine groups is 2. The SMILES string of the molecule is CCCCC(CC)CNS(=O)(=O)c1ccc(CN(Cc2cccc(Cl)c2)OC(C)=O)s1. The van der Waals surface area contributed by atoms with Crippen molar-refractivity contribution < 1.29 is 18.0 Å². The van der Waals surface area contributed by atoms with Crippen LogP contribution >= 0.6 is 22.9 Å². The Morgan fingerprint density at radius 1 is 1.23 bits per heavy atom. The number of hydrogen-bond acceptors (Lipinski definition) is 6. The summed E-state index contributed by atoms with van der Waals surface area (Å²) in [6.07, 6.45) is 4.17. The highest BCUT2D eigenvalue weighted by Gasteiger charge is 2.20. The van der Waals surface area contributed by atoms with E-state index in [1.54, 1.807) is 24.3 Å². The number of hydrogen-bond donors (Lipinski definition) is 1. The molecule has 1 aromatic carbocycles. The van der Waals surface area contributed by atoms with E-state index < -0.39 is 16.0 Å². The molecular weight excluding hydrogens is 456 g/mol. The Kier molecular flexibility index (Phi) is 10.4. The van der Waals surface area contributed by atoms with Gasteiger partial charge in [-0.2, -0.15) is 0 Å². The molecule has 2 rings (SSSR count). The number of rotatable bonds is 13. The van der Waals surface area contributed by atoms with Gasteiger partial charge in [0.2, 0.25) is 10.0 Å². The Bertz CT molecular complexity index is 946. The van der Waals surface area contributed by atoms with Crippen LogP contribution in [0.2, 0.25) is 5.02 Å². The van der Waals surface area contributed by atoms with E-state index in [1.807, 2.05) is 12.1 Å². The van der Waals surface area contributed by atoms with E-state index in [4.69, 9.17) is 16.4 Å².